The number of nitrogens with zero attached hydrogens (tertiary/aromatic N) is 2. The zero-order valence-corrected chi connectivity index (χ0v) is 18.4. The molecular formula is C24H19N3O8. The molecule has 1 aliphatic rings. The van der Waals surface area contributed by atoms with E-state index in [4.69, 9.17) is 9.15 Å². The first-order valence-electron chi connectivity index (χ1n) is 10.3. The van der Waals surface area contributed by atoms with Crippen molar-refractivity contribution in [3.8, 4) is 5.75 Å². The van der Waals surface area contributed by atoms with Crippen molar-refractivity contribution in [3.05, 3.63) is 99.1 Å². The standard InChI is InChI=1S/C24H19N3O8/c1-33-23(29)21-11-10-18(35-21)13-26-22(28)19(25-24(26)30)12-16-4-2-3-5-20(16)34-14-15-6-8-17(9-7-15)27(31)32/h2-12H,13-14H2,1H3,(H,25,30). The topological polar surface area (TPSA) is 141 Å². The summed E-state index contributed by atoms with van der Waals surface area (Å²) in [5.74, 6) is -0.588. The van der Waals surface area contributed by atoms with Gasteiger partial charge in [0.25, 0.3) is 11.6 Å². The van der Waals surface area contributed by atoms with Crippen LogP contribution in [0.4, 0.5) is 10.5 Å². The number of carbonyl (C=O) groups is 3. The highest BCUT2D eigenvalue weighted by Gasteiger charge is 2.34. The number of furan rings is 1. The lowest BCUT2D eigenvalue weighted by Gasteiger charge is -2.10. The number of benzene rings is 2. The molecule has 0 unspecified atom stereocenters. The van der Waals surface area contributed by atoms with Crippen molar-refractivity contribution in [1.82, 2.24) is 10.2 Å². The fourth-order valence-electron chi connectivity index (χ4n) is 3.31. The predicted molar refractivity (Wildman–Crippen MR) is 121 cm³/mol. The summed E-state index contributed by atoms with van der Waals surface area (Å²) >= 11 is 0. The fourth-order valence-corrected chi connectivity index (χ4v) is 3.31. The second kappa shape index (κ2) is 9.91. The number of methoxy groups -OCH3 is 1. The van der Waals surface area contributed by atoms with Gasteiger partial charge < -0.3 is 19.2 Å². The Balaban J connectivity index is 1.47. The maximum Gasteiger partial charge on any atom is 0.373 e. The lowest BCUT2D eigenvalue weighted by molar-refractivity contribution is -0.384. The first-order valence-corrected chi connectivity index (χ1v) is 10.3. The normalized spacial score (nSPS) is 14.2. The minimum absolute atomic E-state index is 0.0185. The van der Waals surface area contributed by atoms with E-state index in [-0.39, 0.29) is 36.1 Å². The molecule has 0 atom stereocenters. The molecule has 0 spiro atoms. The zero-order valence-electron chi connectivity index (χ0n) is 18.4. The summed E-state index contributed by atoms with van der Waals surface area (Å²) in [7, 11) is 1.21. The van der Waals surface area contributed by atoms with E-state index in [2.05, 4.69) is 10.1 Å². The van der Waals surface area contributed by atoms with Gasteiger partial charge in [0.05, 0.1) is 18.6 Å². The van der Waals surface area contributed by atoms with Gasteiger partial charge in [0.1, 0.15) is 23.8 Å². The average molecular weight is 477 g/mol. The second-order valence-electron chi connectivity index (χ2n) is 7.39. The quantitative estimate of drug-likeness (QED) is 0.170. The molecule has 3 aromatic rings. The largest absolute Gasteiger partial charge is 0.488 e. The number of carbonyl (C=O) groups excluding carboxylic acids is 3. The van der Waals surface area contributed by atoms with Gasteiger partial charge >= 0.3 is 12.0 Å². The number of nitrogens with one attached hydrogen (secondary N) is 1. The van der Waals surface area contributed by atoms with E-state index in [0.717, 1.165) is 10.5 Å². The van der Waals surface area contributed by atoms with Crippen LogP contribution < -0.4 is 10.1 Å². The van der Waals surface area contributed by atoms with Crippen molar-refractivity contribution in [1.29, 1.82) is 0 Å². The molecule has 11 nitrogen and oxygen atoms in total. The number of nitro groups is 1. The molecule has 1 N–H and O–H groups in total. The highest BCUT2D eigenvalue weighted by molar-refractivity contribution is 6.14. The van der Waals surface area contributed by atoms with E-state index in [1.54, 1.807) is 36.4 Å². The Labute approximate surface area is 198 Å². The van der Waals surface area contributed by atoms with E-state index in [1.165, 1.54) is 37.5 Å². The Kier molecular flexibility index (Phi) is 6.58. The molecule has 3 amide bonds. The molecule has 2 heterocycles. The fraction of sp³-hybridized carbons (Fsp3) is 0.125. The Bertz CT molecular complexity index is 1330. The predicted octanol–water partition coefficient (Wildman–Crippen LogP) is 3.65. The van der Waals surface area contributed by atoms with Crippen LogP contribution >= 0.6 is 0 Å². The summed E-state index contributed by atoms with van der Waals surface area (Å²) in [6.07, 6.45) is 1.49. The number of ether oxygens (including phenoxy) is 2. The van der Waals surface area contributed by atoms with Crippen molar-refractivity contribution in [2.45, 2.75) is 13.2 Å². The van der Waals surface area contributed by atoms with Crippen LogP contribution in [0.15, 0.2) is 70.8 Å². The van der Waals surface area contributed by atoms with E-state index in [0.29, 0.717) is 11.3 Å². The van der Waals surface area contributed by atoms with Crippen molar-refractivity contribution < 1.29 is 33.2 Å². The van der Waals surface area contributed by atoms with Crippen LogP contribution in [0.25, 0.3) is 6.08 Å². The maximum atomic E-state index is 12.8. The van der Waals surface area contributed by atoms with E-state index >= 15 is 0 Å². The third-order valence-corrected chi connectivity index (χ3v) is 5.08. The number of hydrogen-bond donors (Lipinski definition) is 1. The van der Waals surface area contributed by atoms with Crippen LogP contribution in [-0.4, -0.2) is 34.8 Å². The molecule has 1 aliphatic heterocycles. The molecule has 1 saturated heterocycles. The van der Waals surface area contributed by atoms with Crippen LogP contribution in [0.1, 0.15) is 27.4 Å². The highest BCUT2D eigenvalue weighted by Crippen LogP contribution is 2.25. The van der Waals surface area contributed by atoms with Gasteiger partial charge in [-0.25, -0.2) is 9.59 Å². The van der Waals surface area contributed by atoms with Crippen LogP contribution in [0, 0.1) is 10.1 Å². The lowest BCUT2D eigenvalue weighted by Crippen LogP contribution is -2.30. The van der Waals surface area contributed by atoms with E-state index < -0.39 is 22.8 Å². The van der Waals surface area contributed by atoms with Gasteiger partial charge in [-0.05, 0) is 42.0 Å². The zero-order chi connectivity index (χ0) is 24.9. The third kappa shape index (κ3) is 5.19. The SMILES string of the molecule is COC(=O)c1ccc(CN2C(=O)NC(=Cc3ccccc3OCc3ccc([N+](=O)[O-])cc3)C2=O)o1. The van der Waals surface area contributed by atoms with Crippen LogP contribution in [0.3, 0.4) is 0 Å². The Morgan fingerprint density at radius 1 is 1.11 bits per heavy atom. The lowest BCUT2D eigenvalue weighted by atomic mass is 10.1. The molecule has 0 bridgehead atoms. The molecule has 1 aromatic heterocycles. The molecule has 35 heavy (non-hydrogen) atoms. The van der Waals surface area contributed by atoms with Crippen molar-refractivity contribution in [3.63, 3.8) is 0 Å². The number of rotatable bonds is 8. The number of amides is 3. The maximum absolute atomic E-state index is 12.8. The molecule has 0 aliphatic carbocycles. The van der Waals surface area contributed by atoms with Gasteiger partial charge in [-0.1, -0.05) is 18.2 Å². The first kappa shape index (κ1) is 23.2. The summed E-state index contributed by atoms with van der Waals surface area (Å²) in [6.45, 7) is -0.0249. The van der Waals surface area contributed by atoms with Crippen LogP contribution in [-0.2, 0) is 22.7 Å². The molecule has 11 heteroatoms. The summed E-state index contributed by atoms with van der Waals surface area (Å²) in [5, 5.41) is 13.3. The smallest absolute Gasteiger partial charge is 0.373 e. The van der Waals surface area contributed by atoms with Gasteiger partial charge in [-0.2, -0.15) is 0 Å². The summed E-state index contributed by atoms with van der Waals surface area (Å²) in [5.41, 5.74) is 1.29. The number of non-ortho nitro benzene ring substituents is 1. The monoisotopic (exact) mass is 477 g/mol. The summed E-state index contributed by atoms with van der Waals surface area (Å²) < 4.78 is 15.8. The molecule has 4 rings (SSSR count). The summed E-state index contributed by atoms with van der Waals surface area (Å²) in [6, 6.07) is 15.1. The number of imide groups is 1. The molecule has 2 aromatic carbocycles. The highest BCUT2D eigenvalue weighted by atomic mass is 16.6. The van der Waals surface area contributed by atoms with E-state index in [9.17, 15) is 24.5 Å². The minimum Gasteiger partial charge on any atom is -0.488 e. The minimum atomic E-state index is -0.667. The van der Waals surface area contributed by atoms with Gasteiger partial charge in [0, 0.05) is 17.7 Å². The van der Waals surface area contributed by atoms with E-state index in [1.807, 2.05) is 0 Å². The van der Waals surface area contributed by atoms with Crippen molar-refractivity contribution in [2.75, 3.05) is 7.11 Å². The van der Waals surface area contributed by atoms with Gasteiger partial charge in [0.15, 0.2) is 0 Å². The van der Waals surface area contributed by atoms with Gasteiger partial charge in [0.2, 0.25) is 5.76 Å². The molecule has 178 valence electrons. The molecular weight excluding hydrogens is 458 g/mol. The first-order chi connectivity index (χ1) is 16.9. The number of para-hydroxylation sites is 1. The number of urea groups is 1. The van der Waals surface area contributed by atoms with Crippen molar-refractivity contribution >= 4 is 29.7 Å². The molecule has 1 fully saturated rings. The second-order valence-corrected chi connectivity index (χ2v) is 7.39. The van der Waals surface area contributed by atoms with Crippen LogP contribution in [0.5, 0.6) is 5.75 Å². The van der Waals surface area contributed by atoms with Crippen molar-refractivity contribution in [2.24, 2.45) is 0 Å². The third-order valence-electron chi connectivity index (χ3n) is 5.08. The van der Waals surface area contributed by atoms with Gasteiger partial charge in [-0.15, -0.1) is 0 Å². The Morgan fingerprint density at radius 3 is 2.57 bits per heavy atom. The Hall–Kier alpha value is -4.93. The number of hydrogen-bond acceptors (Lipinski definition) is 8. The number of esters is 1. The van der Waals surface area contributed by atoms with Crippen LogP contribution in [0.2, 0.25) is 0 Å². The molecule has 0 saturated carbocycles. The number of nitro benzene ring substituents is 1. The Morgan fingerprint density at radius 2 is 1.86 bits per heavy atom. The summed E-state index contributed by atoms with van der Waals surface area (Å²) in [4.78, 5) is 48.1. The molecule has 0 radical (unpaired) electrons. The van der Waals surface area contributed by atoms with Gasteiger partial charge in [-0.3, -0.25) is 19.8 Å². The average Bonchev–Trinajstić information content (AvgIpc) is 3.43.